The van der Waals surface area contributed by atoms with Gasteiger partial charge in [0.25, 0.3) is 0 Å². The van der Waals surface area contributed by atoms with Crippen molar-refractivity contribution in [3.05, 3.63) is 78.7 Å². The first-order chi connectivity index (χ1) is 11.4. The lowest BCUT2D eigenvalue weighted by Crippen LogP contribution is -2.33. The SMILES string of the molecule is C=C[C@]1(C)CC[C@@H](C(=C)C/C=C/c2ccc(F)cc2)C[C@H]1C(=C)C. The minimum Gasteiger partial charge on any atom is -0.207 e. The molecule has 0 aromatic heterocycles. The third-order valence-corrected chi connectivity index (χ3v) is 5.55. The summed E-state index contributed by atoms with van der Waals surface area (Å²) in [6.45, 7) is 17.0. The smallest absolute Gasteiger partial charge is 0.123 e. The van der Waals surface area contributed by atoms with Crippen molar-refractivity contribution in [1.82, 2.24) is 0 Å². The first-order valence-electron chi connectivity index (χ1n) is 8.74. The molecular formula is C23H29F. The third kappa shape index (κ3) is 4.35. The van der Waals surface area contributed by atoms with E-state index in [1.807, 2.05) is 6.08 Å². The number of hydrogen-bond donors (Lipinski definition) is 0. The zero-order valence-corrected chi connectivity index (χ0v) is 15.0. The van der Waals surface area contributed by atoms with Crippen LogP contribution in [0.2, 0.25) is 0 Å². The fraction of sp³-hybridized carbons (Fsp3) is 0.391. The Balaban J connectivity index is 1.96. The van der Waals surface area contributed by atoms with E-state index >= 15 is 0 Å². The number of halogens is 1. The highest BCUT2D eigenvalue weighted by molar-refractivity contribution is 5.49. The summed E-state index contributed by atoms with van der Waals surface area (Å²) in [5.74, 6) is 0.819. The molecule has 0 radical (unpaired) electrons. The van der Waals surface area contributed by atoms with Gasteiger partial charge in [-0.05, 0) is 67.6 Å². The summed E-state index contributed by atoms with van der Waals surface area (Å²) < 4.78 is 12.9. The van der Waals surface area contributed by atoms with Gasteiger partial charge in [0.15, 0.2) is 0 Å². The molecule has 0 amide bonds. The summed E-state index contributed by atoms with van der Waals surface area (Å²) in [6, 6.07) is 6.57. The number of rotatable bonds is 6. The summed E-state index contributed by atoms with van der Waals surface area (Å²) in [5, 5.41) is 0. The third-order valence-electron chi connectivity index (χ3n) is 5.55. The molecule has 0 aliphatic heterocycles. The van der Waals surface area contributed by atoms with Crippen LogP contribution in [-0.4, -0.2) is 0 Å². The molecule has 1 saturated carbocycles. The maximum atomic E-state index is 12.9. The van der Waals surface area contributed by atoms with Gasteiger partial charge >= 0.3 is 0 Å². The van der Waals surface area contributed by atoms with Crippen molar-refractivity contribution in [2.24, 2.45) is 17.3 Å². The van der Waals surface area contributed by atoms with Crippen LogP contribution in [0.3, 0.4) is 0 Å². The highest BCUT2D eigenvalue weighted by Crippen LogP contribution is 2.49. The molecule has 1 aromatic rings. The Morgan fingerprint density at radius 2 is 1.96 bits per heavy atom. The molecule has 0 N–H and O–H groups in total. The van der Waals surface area contributed by atoms with Gasteiger partial charge in [-0.1, -0.05) is 61.6 Å². The van der Waals surface area contributed by atoms with Gasteiger partial charge in [0.1, 0.15) is 5.82 Å². The zero-order valence-electron chi connectivity index (χ0n) is 15.0. The van der Waals surface area contributed by atoms with Gasteiger partial charge in [-0.3, -0.25) is 0 Å². The van der Waals surface area contributed by atoms with Crippen LogP contribution in [0.15, 0.2) is 67.3 Å². The van der Waals surface area contributed by atoms with Gasteiger partial charge < -0.3 is 0 Å². The summed E-state index contributed by atoms with van der Waals surface area (Å²) in [6.07, 6.45) is 10.6. The molecule has 0 unspecified atom stereocenters. The Kier molecular flexibility index (Phi) is 5.99. The molecule has 0 nitrogen and oxygen atoms in total. The second-order valence-corrected chi connectivity index (χ2v) is 7.40. The van der Waals surface area contributed by atoms with Crippen LogP contribution in [-0.2, 0) is 0 Å². The molecule has 1 heteroatoms. The topological polar surface area (TPSA) is 0 Å². The fourth-order valence-electron chi connectivity index (χ4n) is 3.80. The van der Waals surface area contributed by atoms with Crippen LogP contribution in [0.5, 0.6) is 0 Å². The Bertz CT molecular complexity index is 635. The Morgan fingerprint density at radius 3 is 2.54 bits per heavy atom. The average molecular weight is 324 g/mol. The molecule has 0 heterocycles. The van der Waals surface area contributed by atoms with Gasteiger partial charge in [0, 0.05) is 0 Å². The van der Waals surface area contributed by atoms with E-state index in [1.54, 1.807) is 12.1 Å². The normalized spacial score (nSPS) is 27.1. The van der Waals surface area contributed by atoms with Crippen molar-refractivity contribution in [2.45, 2.75) is 39.5 Å². The molecule has 2 rings (SSSR count). The summed E-state index contributed by atoms with van der Waals surface area (Å²) >= 11 is 0. The fourth-order valence-corrected chi connectivity index (χ4v) is 3.80. The van der Waals surface area contributed by atoms with E-state index < -0.39 is 0 Å². The lowest BCUT2D eigenvalue weighted by Gasteiger charge is -2.43. The predicted molar refractivity (Wildman–Crippen MR) is 103 cm³/mol. The highest BCUT2D eigenvalue weighted by Gasteiger charge is 2.38. The van der Waals surface area contributed by atoms with Crippen LogP contribution in [0, 0.1) is 23.1 Å². The number of benzene rings is 1. The highest BCUT2D eigenvalue weighted by atomic mass is 19.1. The minimum absolute atomic E-state index is 0.159. The van der Waals surface area contributed by atoms with Gasteiger partial charge in [-0.15, -0.1) is 6.58 Å². The van der Waals surface area contributed by atoms with E-state index in [2.05, 4.69) is 45.7 Å². The minimum atomic E-state index is -0.199. The maximum absolute atomic E-state index is 12.9. The van der Waals surface area contributed by atoms with Gasteiger partial charge in [-0.2, -0.15) is 0 Å². The zero-order chi connectivity index (χ0) is 17.7. The van der Waals surface area contributed by atoms with Gasteiger partial charge in [0.05, 0.1) is 0 Å². The first kappa shape index (κ1) is 18.4. The van der Waals surface area contributed by atoms with E-state index in [9.17, 15) is 4.39 Å². The second kappa shape index (κ2) is 7.79. The second-order valence-electron chi connectivity index (χ2n) is 7.40. The molecule has 1 aliphatic carbocycles. The molecule has 0 saturated heterocycles. The van der Waals surface area contributed by atoms with E-state index in [-0.39, 0.29) is 11.2 Å². The van der Waals surface area contributed by atoms with E-state index in [0.29, 0.717) is 11.8 Å². The molecule has 1 aliphatic rings. The lowest BCUT2D eigenvalue weighted by atomic mass is 9.61. The van der Waals surface area contributed by atoms with Crippen LogP contribution in [0.25, 0.3) is 6.08 Å². The lowest BCUT2D eigenvalue weighted by molar-refractivity contribution is 0.169. The first-order valence-corrected chi connectivity index (χ1v) is 8.74. The standard InChI is InChI=1S/C23H29F/c1-6-23(5)15-14-20(16-22(23)17(2)3)18(4)8-7-9-19-10-12-21(24)13-11-19/h6-7,9-13,20,22H,1-2,4,8,14-16H2,3,5H3/b9-7+/t20-,22+,23-/m1/s1. The van der Waals surface area contributed by atoms with Crippen LogP contribution in [0.4, 0.5) is 4.39 Å². The van der Waals surface area contributed by atoms with E-state index in [1.165, 1.54) is 23.3 Å². The number of allylic oxidation sites excluding steroid dienone is 4. The predicted octanol–water partition coefficient (Wildman–Crippen LogP) is 6.97. The van der Waals surface area contributed by atoms with Crippen molar-refractivity contribution in [2.75, 3.05) is 0 Å². The average Bonchev–Trinajstić information content (AvgIpc) is 2.56. The molecular weight excluding hydrogens is 295 g/mol. The van der Waals surface area contributed by atoms with Gasteiger partial charge in [0.2, 0.25) is 0 Å². The molecule has 1 aromatic carbocycles. The van der Waals surface area contributed by atoms with Crippen molar-refractivity contribution in [3.8, 4) is 0 Å². The summed E-state index contributed by atoms with van der Waals surface area (Å²) in [7, 11) is 0. The molecule has 24 heavy (non-hydrogen) atoms. The Morgan fingerprint density at radius 1 is 1.29 bits per heavy atom. The van der Waals surface area contributed by atoms with Crippen LogP contribution in [0.1, 0.15) is 45.1 Å². The largest absolute Gasteiger partial charge is 0.207 e. The molecule has 3 atom stereocenters. The summed E-state index contributed by atoms with van der Waals surface area (Å²) in [4.78, 5) is 0. The monoisotopic (exact) mass is 324 g/mol. The maximum Gasteiger partial charge on any atom is 0.123 e. The van der Waals surface area contributed by atoms with Crippen molar-refractivity contribution in [3.63, 3.8) is 0 Å². The van der Waals surface area contributed by atoms with E-state index in [4.69, 9.17) is 0 Å². The van der Waals surface area contributed by atoms with E-state index in [0.717, 1.165) is 31.2 Å². The van der Waals surface area contributed by atoms with Gasteiger partial charge in [-0.25, -0.2) is 4.39 Å². The van der Waals surface area contributed by atoms with Crippen molar-refractivity contribution < 1.29 is 4.39 Å². The molecule has 1 fully saturated rings. The molecule has 0 bridgehead atoms. The molecule has 128 valence electrons. The van der Waals surface area contributed by atoms with Crippen LogP contribution < -0.4 is 0 Å². The quantitative estimate of drug-likeness (QED) is 0.496. The van der Waals surface area contributed by atoms with Crippen molar-refractivity contribution in [1.29, 1.82) is 0 Å². The summed E-state index contributed by atoms with van der Waals surface area (Å²) in [5.41, 5.74) is 3.71. The molecule has 0 spiro atoms. The Labute approximate surface area is 146 Å². The van der Waals surface area contributed by atoms with Crippen LogP contribution >= 0.6 is 0 Å². The Hall–Kier alpha value is -1.89. The van der Waals surface area contributed by atoms with Crippen molar-refractivity contribution >= 4 is 6.08 Å². The number of hydrogen-bond acceptors (Lipinski definition) is 0.